The molecule has 6 heteroatoms. The smallest absolute Gasteiger partial charge is 0.347 e. The number of anilines is 1. The molecular weight excluding hydrogens is 347 g/mol. The normalized spacial score (nSPS) is 11.4. The first kappa shape index (κ1) is 14.6. The van der Waals surface area contributed by atoms with E-state index in [-0.39, 0.29) is 0 Å². The van der Waals surface area contributed by atoms with Gasteiger partial charge in [-0.05, 0) is 48.6 Å². The lowest BCUT2D eigenvalue weighted by Crippen LogP contribution is -2.26. The van der Waals surface area contributed by atoms with Gasteiger partial charge in [-0.1, -0.05) is 0 Å². The highest BCUT2D eigenvalue weighted by Crippen LogP contribution is 2.30. The summed E-state index contributed by atoms with van der Waals surface area (Å²) in [5.74, 6) is -0.0489. The van der Waals surface area contributed by atoms with E-state index < -0.39 is 12.1 Å². The van der Waals surface area contributed by atoms with Gasteiger partial charge in [0.25, 0.3) is 0 Å². The molecule has 0 radical (unpaired) electrons. The van der Waals surface area contributed by atoms with Crippen LogP contribution in [0.25, 0.3) is 0 Å². The average Bonchev–Trinajstić information content (AvgIpc) is 2.33. The highest BCUT2D eigenvalue weighted by molar-refractivity contribution is 14.1. The summed E-state index contributed by atoms with van der Waals surface area (Å²) < 4.78 is 11.0. The van der Waals surface area contributed by atoms with Crippen LogP contribution in [0.3, 0.4) is 0 Å². The van der Waals surface area contributed by atoms with Gasteiger partial charge in [-0.15, -0.1) is 0 Å². The summed E-state index contributed by atoms with van der Waals surface area (Å²) in [5.41, 5.74) is 6.57. The van der Waals surface area contributed by atoms with E-state index in [0.717, 1.165) is 0 Å². The Hall–Kier alpha value is -1.49. The number of carbonyl (C=O) groups excluding carboxylic acids is 1. The molecule has 1 aromatic rings. The summed E-state index contributed by atoms with van der Waals surface area (Å²) in [6, 6.07) is 5.15. The number of rotatable bonds is 4. The highest BCUT2D eigenvalue weighted by Gasteiger charge is 2.19. The van der Waals surface area contributed by atoms with Crippen LogP contribution in [0.15, 0.2) is 12.1 Å². The van der Waals surface area contributed by atoms with Gasteiger partial charge in [0.2, 0.25) is 0 Å². The van der Waals surface area contributed by atoms with Gasteiger partial charge >= 0.3 is 5.97 Å². The quantitative estimate of drug-likeness (QED) is 0.505. The maximum Gasteiger partial charge on any atom is 0.347 e. The van der Waals surface area contributed by atoms with E-state index in [9.17, 15) is 4.79 Å². The Morgan fingerprint density at radius 1 is 1.61 bits per heavy atom. The van der Waals surface area contributed by atoms with Crippen LogP contribution in [-0.2, 0) is 9.53 Å². The Morgan fingerprint density at radius 2 is 2.28 bits per heavy atom. The predicted molar refractivity (Wildman–Crippen MR) is 75.0 cm³/mol. The van der Waals surface area contributed by atoms with Gasteiger partial charge in [-0.2, -0.15) is 5.26 Å². The fourth-order valence-corrected chi connectivity index (χ4v) is 2.06. The number of hydrogen-bond donors (Lipinski definition) is 1. The molecule has 1 aromatic carbocycles. The van der Waals surface area contributed by atoms with Crippen LogP contribution in [-0.4, -0.2) is 18.7 Å². The minimum atomic E-state index is -0.742. The molecule has 0 amide bonds. The first-order chi connectivity index (χ1) is 8.49. The van der Waals surface area contributed by atoms with E-state index >= 15 is 0 Å². The van der Waals surface area contributed by atoms with Crippen molar-refractivity contribution in [1.29, 1.82) is 5.26 Å². The van der Waals surface area contributed by atoms with Gasteiger partial charge in [0.1, 0.15) is 0 Å². The van der Waals surface area contributed by atoms with Crippen molar-refractivity contribution >= 4 is 34.2 Å². The Balaban J connectivity index is 2.92. The van der Waals surface area contributed by atoms with Crippen LogP contribution >= 0.6 is 22.6 Å². The van der Waals surface area contributed by atoms with Crippen molar-refractivity contribution in [2.45, 2.75) is 20.0 Å². The van der Waals surface area contributed by atoms with Crippen molar-refractivity contribution in [3.8, 4) is 11.8 Å². The van der Waals surface area contributed by atoms with Crippen molar-refractivity contribution in [2.24, 2.45) is 0 Å². The van der Waals surface area contributed by atoms with Crippen LogP contribution in [0, 0.1) is 14.9 Å². The number of nitriles is 1. The topological polar surface area (TPSA) is 85.3 Å². The molecule has 1 rings (SSSR count). The Morgan fingerprint density at radius 3 is 2.78 bits per heavy atom. The molecule has 0 aliphatic rings. The van der Waals surface area contributed by atoms with E-state index in [1.54, 1.807) is 19.9 Å². The van der Waals surface area contributed by atoms with Gasteiger partial charge in [0.05, 0.1) is 27.5 Å². The number of esters is 1. The molecule has 0 spiro atoms. The van der Waals surface area contributed by atoms with Gasteiger partial charge in [-0.25, -0.2) is 4.79 Å². The molecule has 0 aromatic heterocycles. The monoisotopic (exact) mass is 360 g/mol. The van der Waals surface area contributed by atoms with Gasteiger partial charge in [0, 0.05) is 0 Å². The Labute approximate surface area is 119 Å². The van der Waals surface area contributed by atoms with Crippen molar-refractivity contribution in [3.63, 3.8) is 0 Å². The lowest BCUT2D eigenvalue weighted by Gasteiger charge is -2.16. The fraction of sp³-hybridized carbons (Fsp3) is 0.333. The maximum atomic E-state index is 11.5. The Bertz CT molecular complexity index is 474. The second-order valence-electron chi connectivity index (χ2n) is 3.50. The number of carbonyl (C=O) groups is 1. The molecule has 2 N–H and O–H groups in total. The molecule has 0 aliphatic heterocycles. The fourth-order valence-electron chi connectivity index (χ4n) is 1.29. The largest absolute Gasteiger partial charge is 0.476 e. The number of nitrogen functional groups attached to an aromatic ring is 1. The van der Waals surface area contributed by atoms with Crippen LogP contribution in [0.4, 0.5) is 5.69 Å². The van der Waals surface area contributed by atoms with Gasteiger partial charge in [0.15, 0.2) is 11.9 Å². The molecule has 18 heavy (non-hydrogen) atoms. The third-order valence-electron chi connectivity index (χ3n) is 2.11. The molecule has 5 nitrogen and oxygen atoms in total. The molecule has 0 fully saturated rings. The minimum absolute atomic E-state index is 0.298. The molecule has 96 valence electrons. The zero-order chi connectivity index (χ0) is 13.7. The van der Waals surface area contributed by atoms with E-state index in [1.165, 1.54) is 6.07 Å². The van der Waals surface area contributed by atoms with Crippen LogP contribution in [0.2, 0.25) is 0 Å². The van der Waals surface area contributed by atoms with Crippen LogP contribution < -0.4 is 10.5 Å². The number of halogens is 1. The van der Waals surface area contributed by atoms with Crippen molar-refractivity contribution in [2.75, 3.05) is 12.3 Å². The highest BCUT2D eigenvalue weighted by atomic mass is 127. The van der Waals surface area contributed by atoms with Crippen molar-refractivity contribution in [3.05, 3.63) is 21.3 Å². The second-order valence-corrected chi connectivity index (χ2v) is 4.66. The molecular formula is C12H13IN2O3. The molecule has 0 saturated heterocycles. The van der Waals surface area contributed by atoms with Crippen LogP contribution in [0.1, 0.15) is 19.4 Å². The standard InChI is InChI=1S/C12H13IN2O3/c1-3-17-12(16)7(2)18-11-9(13)4-8(6-14)5-10(11)15/h4-5,7H,3,15H2,1-2H3. The number of benzene rings is 1. The lowest BCUT2D eigenvalue weighted by atomic mass is 10.2. The van der Waals surface area contributed by atoms with Gasteiger partial charge in [-0.3, -0.25) is 0 Å². The third-order valence-corrected chi connectivity index (χ3v) is 2.92. The molecule has 1 atom stereocenters. The number of nitrogens with two attached hydrogens (primary N) is 1. The average molecular weight is 360 g/mol. The summed E-state index contributed by atoms with van der Waals surface area (Å²) in [6.45, 7) is 3.61. The molecule has 0 aliphatic carbocycles. The first-order valence-corrected chi connectivity index (χ1v) is 6.39. The predicted octanol–water partition coefficient (Wildman–Crippen LogP) is 2.08. The summed E-state index contributed by atoms with van der Waals surface area (Å²) in [4.78, 5) is 11.5. The molecule has 0 bridgehead atoms. The lowest BCUT2D eigenvalue weighted by molar-refractivity contribution is -0.150. The van der Waals surface area contributed by atoms with Gasteiger partial charge < -0.3 is 15.2 Å². The van der Waals surface area contributed by atoms with Crippen molar-refractivity contribution < 1.29 is 14.3 Å². The molecule has 1 unspecified atom stereocenters. The number of nitrogens with zero attached hydrogens (tertiary/aromatic N) is 1. The van der Waals surface area contributed by atoms with E-state index in [0.29, 0.717) is 27.2 Å². The number of ether oxygens (including phenoxy) is 2. The van der Waals surface area contributed by atoms with E-state index in [1.807, 2.05) is 28.7 Å². The summed E-state index contributed by atoms with van der Waals surface area (Å²) in [6.07, 6.45) is -0.742. The van der Waals surface area contributed by atoms with E-state index in [2.05, 4.69) is 0 Å². The third kappa shape index (κ3) is 3.50. The maximum absolute atomic E-state index is 11.5. The molecule has 0 saturated carbocycles. The first-order valence-electron chi connectivity index (χ1n) is 5.32. The number of hydrogen-bond acceptors (Lipinski definition) is 5. The molecule has 0 heterocycles. The zero-order valence-electron chi connectivity index (χ0n) is 10.1. The second kappa shape index (κ2) is 6.44. The van der Waals surface area contributed by atoms with Crippen LogP contribution in [0.5, 0.6) is 5.75 Å². The minimum Gasteiger partial charge on any atom is -0.476 e. The SMILES string of the molecule is CCOC(=O)C(C)Oc1c(N)cc(C#N)cc1I. The van der Waals surface area contributed by atoms with E-state index in [4.69, 9.17) is 20.5 Å². The Kier molecular flexibility index (Phi) is 5.22. The van der Waals surface area contributed by atoms with Crippen molar-refractivity contribution in [1.82, 2.24) is 0 Å². The summed E-state index contributed by atoms with van der Waals surface area (Å²) >= 11 is 2.00. The zero-order valence-corrected chi connectivity index (χ0v) is 12.2. The summed E-state index contributed by atoms with van der Waals surface area (Å²) in [5, 5.41) is 8.79. The summed E-state index contributed by atoms with van der Waals surface area (Å²) in [7, 11) is 0.